The number of aromatic carboxylic acids is 1. The van der Waals surface area contributed by atoms with E-state index in [1.807, 2.05) is 6.92 Å². The second-order valence-corrected chi connectivity index (χ2v) is 9.19. The smallest absolute Gasteiger partial charge is 0.336 e. The molecule has 1 aromatic heterocycles. The van der Waals surface area contributed by atoms with Crippen molar-refractivity contribution in [3.8, 4) is 11.9 Å². The highest BCUT2D eigenvalue weighted by Crippen LogP contribution is 2.51. The van der Waals surface area contributed by atoms with Crippen LogP contribution in [0.2, 0.25) is 0 Å². The fraction of sp³-hybridized carbons (Fsp3) is 0.286. The average Bonchev–Trinajstić information content (AvgIpc) is 3.20. The van der Waals surface area contributed by atoms with E-state index in [9.17, 15) is 20.0 Å². The molecule has 2 N–H and O–H groups in total. The highest BCUT2D eigenvalue weighted by atomic mass is 16.5. The number of nitrogens with zero attached hydrogens (tertiary/aromatic N) is 4. The van der Waals surface area contributed by atoms with Gasteiger partial charge in [0.1, 0.15) is 5.41 Å². The summed E-state index contributed by atoms with van der Waals surface area (Å²) in [4.78, 5) is 35.5. The quantitative estimate of drug-likeness (QED) is 0.533. The number of carboxylic acids is 1. The summed E-state index contributed by atoms with van der Waals surface area (Å²) in [5.74, 6) is -1.35. The summed E-state index contributed by atoms with van der Waals surface area (Å²) in [5.41, 5.74) is 1.30. The van der Waals surface area contributed by atoms with Gasteiger partial charge < -0.3 is 25.0 Å². The third kappa shape index (κ3) is 3.96. The van der Waals surface area contributed by atoms with Gasteiger partial charge >= 0.3 is 5.97 Å². The van der Waals surface area contributed by atoms with E-state index in [4.69, 9.17) is 4.74 Å². The Morgan fingerprint density at radius 1 is 1.14 bits per heavy atom. The van der Waals surface area contributed by atoms with Crippen molar-refractivity contribution in [3.63, 3.8) is 0 Å². The zero-order valence-electron chi connectivity index (χ0n) is 20.7. The predicted octanol–water partition coefficient (Wildman–Crippen LogP) is 3.09. The number of anilines is 2. The molecule has 3 aromatic rings. The van der Waals surface area contributed by atoms with Gasteiger partial charge in [-0.1, -0.05) is 6.07 Å². The molecule has 37 heavy (non-hydrogen) atoms. The first kappa shape index (κ1) is 24.3. The van der Waals surface area contributed by atoms with Crippen LogP contribution in [0.25, 0.3) is 0 Å². The van der Waals surface area contributed by atoms with Crippen molar-refractivity contribution in [1.29, 1.82) is 5.26 Å². The van der Waals surface area contributed by atoms with Gasteiger partial charge in [0.25, 0.3) is 0 Å². The van der Waals surface area contributed by atoms with Crippen molar-refractivity contribution in [2.45, 2.75) is 12.3 Å². The van der Waals surface area contributed by atoms with Crippen molar-refractivity contribution in [2.75, 3.05) is 50.1 Å². The first-order valence-corrected chi connectivity index (χ1v) is 12.2. The van der Waals surface area contributed by atoms with E-state index in [2.05, 4.69) is 33.2 Å². The van der Waals surface area contributed by atoms with Gasteiger partial charge in [0.2, 0.25) is 11.8 Å². The van der Waals surface area contributed by atoms with E-state index in [-0.39, 0.29) is 11.4 Å². The number of nitrogens with one attached hydrogen (secondary N) is 1. The van der Waals surface area contributed by atoms with E-state index in [1.165, 1.54) is 0 Å². The topological polar surface area (TPSA) is 119 Å². The maximum absolute atomic E-state index is 14.1. The third-order valence-electron chi connectivity index (χ3n) is 7.10. The summed E-state index contributed by atoms with van der Waals surface area (Å²) < 4.78 is 5.86. The van der Waals surface area contributed by atoms with Crippen molar-refractivity contribution >= 4 is 23.3 Å². The van der Waals surface area contributed by atoms with E-state index < -0.39 is 17.3 Å². The molecule has 5 rings (SSSR count). The number of aromatic nitrogens is 1. The summed E-state index contributed by atoms with van der Waals surface area (Å²) in [6.45, 7) is 5.40. The Balaban J connectivity index is 1.85. The van der Waals surface area contributed by atoms with Crippen LogP contribution in [-0.2, 0) is 10.2 Å². The number of carbonyl (C=O) groups excluding carboxylic acids is 1. The lowest BCUT2D eigenvalue weighted by atomic mass is 9.68. The largest absolute Gasteiger partial charge is 0.478 e. The second kappa shape index (κ2) is 9.56. The molecular formula is C28H27N5O4. The molecule has 2 aliphatic rings. The van der Waals surface area contributed by atoms with Crippen molar-refractivity contribution in [1.82, 2.24) is 9.88 Å². The minimum atomic E-state index is -1.60. The van der Waals surface area contributed by atoms with E-state index in [0.29, 0.717) is 34.5 Å². The molecule has 2 aliphatic heterocycles. The van der Waals surface area contributed by atoms with E-state index >= 15 is 0 Å². The van der Waals surface area contributed by atoms with Gasteiger partial charge in [0, 0.05) is 54.9 Å². The van der Waals surface area contributed by atoms with Crippen molar-refractivity contribution in [2.24, 2.45) is 0 Å². The molecule has 1 saturated heterocycles. The van der Waals surface area contributed by atoms with Crippen LogP contribution in [0, 0.1) is 11.3 Å². The zero-order valence-corrected chi connectivity index (χ0v) is 20.7. The Bertz CT molecular complexity index is 1420. The maximum Gasteiger partial charge on any atom is 0.336 e. The number of fused-ring (bicyclic) bond motifs is 1. The number of likely N-dealkylation sites (N-methyl/N-ethyl adjacent to an activating group) is 1. The first-order valence-electron chi connectivity index (χ1n) is 12.2. The first-order chi connectivity index (χ1) is 17.9. The number of rotatable bonds is 6. The Hall–Kier alpha value is -4.42. The van der Waals surface area contributed by atoms with E-state index in [0.717, 1.165) is 31.9 Å². The standard InChI is InChI=1S/C28H27N5O4/c1-3-37-25-21(5-4-10-30-25)28(23-15-18(17-29)6-9-24(23)31-27(28)36)22-16-19(7-8-20(22)26(34)35)33-13-11-32(2)12-14-33/h4-10,15-16H,3,11-14H2,1-2H3,(H,31,36)(H,34,35). The number of nitriles is 1. The molecule has 0 saturated carbocycles. The van der Waals surface area contributed by atoms with Crippen LogP contribution in [0.4, 0.5) is 11.4 Å². The predicted molar refractivity (Wildman–Crippen MR) is 138 cm³/mol. The van der Waals surface area contributed by atoms with Crippen LogP contribution >= 0.6 is 0 Å². The molecule has 1 atom stereocenters. The number of hydrogen-bond donors (Lipinski definition) is 2. The minimum Gasteiger partial charge on any atom is -0.478 e. The van der Waals surface area contributed by atoms with Gasteiger partial charge in [-0.3, -0.25) is 4.79 Å². The second-order valence-electron chi connectivity index (χ2n) is 9.19. The molecule has 0 bridgehead atoms. The number of amides is 1. The van der Waals surface area contributed by atoms with Crippen LogP contribution < -0.4 is 15.0 Å². The molecular weight excluding hydrogens is 470 g/mol. The van der Waals surface area contributed by atoms with Gasteiger partial charge in [-0.25, -0.2) is 9.78 Å². The molecule has 0 aliphatic carbocycles. The highest BCUT2D eigenvalue weighted by molar-refractivity contribution is 6.13. The van der Waals surface area contributed by atoms with Gasteiger partial charge in [-0.05, 0) is 62.0 Å². The number of pyridine rings is 1. The normalized spacial score (nSPS) is 19.2. The number of piperazine rings is 1. The fourth-order valence-electron chi connectivity index (χ4n) is 5.27. The van der Waals surface area contributed by atoms with Gasteiger partial charge in [0.15, 0.2) is 0 Å². The maximum atomic E-state index is 14.1. The molecule has 188 valence electrons. The van der Waals surface area contributed by atoms with E-state index in [1.54, 1.807) is 54.7 Å². The number of benzene rings is 2. The lowest BCUT2D eigenvalue weighted by Gasteiger charge is -2.36. The third-order valence-corrected chi connectivity index (χ3v) is 7.10. The zero-order chi connectivity index (χ0) is 26.2. The lowest BCUT2D eigenvalue weighted by Crippen LogP contribution is -2.45. The van der Waals surface area contributed by atoms with Crippen molar-refractivity contribution < 1.29 is 19.4 Å². The Labute approximate surface area is 214 Å². The summed E-state index contributed by atoms with van der Waals surface area (Å²) in [6, 6.07) is 15.7. The monoisotopic (exact) mass is 497 g/mol. The summed E-state index contributed by atoms with van der Waals surface area (Å²) in [5, 5.41) is 22.9. The lowest BCUT2D eigenvalue weighted by molar-refractivity contribution is -0.118. The molecule has 1 fully saturated rings. The SMILES string of the molecule is CCOc1ncccc1C1(c2cc(N3CCN(C)CC3)ccc2C(=O)O)C(=O)Nc2ccc(C#N)cc21. The van der Waals surface area contributed by atoms with Gasteiger partial charge in [-0.15, -0.1) is 0 Å². The van der Waals surface area contributed by atoms with Crippen LogP contribution in [0.3, 0.4) is 0 Å². The van der Waals surface area contributed by atoms with Gasteiger partial charge in [0.05, 0.1) is 23.8 Å². The van der Waals surface area contributed by atoms with Crippen LogP contribution in [0.5, 0.6) is 5.88 Å². The summed E-state index contributed by atoms with van der Waals surface area (Å²) >= 11 is 0. The minimum absolute atomic E-state index is 0.00506. The summed E-state index contributed by atoms with van der Waals surface area (Å²) in [6.07, 6.45) is 1.57. The van der Waals surface area contributed by atoms with Crippen LogP contribution in [0.15, 0.2) is 54.7 Å². The highest BCUT2D eigenvalue weighted by Gasteiger charge is 2.53. The Morgan fingerprint density at radius 2 is 1.92 bits per heavy atom. The molecule has 0 radical (unpaired) electrons. The average molecular weight is 498 g/mol. The van der Waals surface area contributed by atoms with Crippen LogP contribution in [-0.4, -0.2) is 66.7 Å². The molecule has 9 nitrogen and oxygen atoms in total. The molecule has 3 heterocycles. The number of carbonyl (C=O) groups is 2. The fourth-order valence-corrected chi connectivity index (χ4v) is 5.27. The molecule has 1 amide bonds. The number of carboxylic acid groups (broad SMARTS) is 1. The summed E-state index contributed by atoms with van der Waals surface area (Å²) in [7, 11) is 2.07. The number of ether oxygens (including phenoxy) is 1. The molecule has 2 aromatic carbocycles. The molecule has 1 unspecified atom stereocenters. The Kier molecular flexibility index (Phi) is 6.27. The van der Waals surface area contributed by atoms with Gasteiger partial charge in [-0.2, -0.15) is 5.26 Å². The molecule has 0 spiro atoms. The van der Waals surface area contributed by atoms with Crippen molar-refractivity contribution in [3.05, 3.63) is 82.5 Å². The Morgan fingerprint density at radius 3 is 2.62 bits per heavy atom. The number of hydrogen-bond acceptors (Lipinski definition) is 7. The van der Waals surface area contributed by atoms with Crippen LogP contribution in [0.1, 0.15) is 39.5 Å². The molecule has 9 heteroatoms.